The fraction of sp³-hybridized carbons (Fsp3) is 0.833. The number of carbonyl (C=O) groups excluding carboxylic acids is 2. The van der Waals surface area contributed by atoms with Crippen LogP contribution < -0.4 is 0 Å². The molecule has 0 aromatic rings. The van der Waals surface area contributed by atoms with E-state index >= 15 is 0 Å². The number of alkyl halides is 4. The van der Waals surface area contributed by atoms with Crippen molar-refractivity contribution >= 4 is 27.7 Å². The smallest absolute Gasteiger partial charge is 0.393 e. The Labute approximate surface area is 124 Å². The number of hydrogen-bond acceptors (Lipinski definition) is 4. The number of ether oxygens (including phenoxy) is 2. The summed E-state index contributed by atoms with van der Waals surface area (Å²) in [7, 11) is 0. The van der Waals surface area contributed by atoms with Gasteiger partial charge in [-0.05, 0) is 13.3 Å². The van der Waals surface area contributed by atoms with Gasteiger partial charge in [0.2, 0.25) is 6.10 Å². The Hall–Kier alpha value is -0.630. The molecule has 0 saturated carbocycles. The van der Waals surface area contributed by atoms with E-state index in [1.165, 1.54) is 6.92 Å². The molecule has 0 spiro atoms. The van der Waals surface area contributed by atoms with Gasteiger partial charge >= 0.3 is 12.1 Å². The van der Waals surface area contributed by atoms with Crippen molar-refractivity contribution in [2.45, 2.75) is 44.3 Å². The molecular formula is C12H18BrF3O4. The van der Waals surface area contributed by atoms with E-state index < -0.39 is 41.4 Å². The predicted molar refractivity (Wildman–Crippen MR) is 69.6 cm³/mol. The van der Waals surface area contributed by atoms with E-state index in [1.807, 2.05) is 0 Å². The number of rotatable bonds is 8. The van der Waals surface area contributed by atoms with Gasteiger partial charge in [-0.25, -0.2) is 4.79 Å². The van der Waals surface area contributed by atoms with Crippen LogP contribution >= 0.6 is 15.9 Å². The molecule has 0 aromatic carbocycles. The summed E-state index contributed by atoms with van der Waals surface area (Å²) in [6, 6.07) is 0. The van der Waals surface area contributed by atoms with Crippen LogP contribution in [-0.2, 0) is 19.1 Å². The van der Waals surface area contributed by atoms with Crippen LogP contribution in [0.2, 0.25) is 0 Å². The monoisotopic (exact) mass is 362 g/mol. The zero-order chi connectivity index (χ0) is 15.9. The van der Waals surface area contributed by atoms with Crippen LogP contribution in [0.1, 0.15) is 27.2 Å². The highest BCUT2D eigenvalue weighted by Gasteiger charge is 2.39. The molecule has 0 bridgehead atoms. The summed E-state index contributed by atoms with van der Waals surface area (Å²) in [5.41, 5.74) is 0. The van der Waals surface area contributed by atoms with Crippen molar-refractivity contribution in [3.05, 3.63) is 0 Å². The van der Waals surface area contributed by atoms with Crippen LogP contribution in [0.15, 0.2) is 0 Å². The molecule has 0 rings (SSSR count). The van der Waals surface area contributed by atoms with Crippen molar-refractivity contribution in [1.82, 2.24) is 0 Å². The van der Waals surface area contributed by atoms with E-state index in [9.17, 15) is 22.8 Å². The van der Waals surface area contributed by atoms with Crippen molar-refractivity contribution in [3.8, 4) is 0 Å². The van der Waals surface area contributed by atoms with Gasteiger partial charge in [-0.2, -0.15) is 13.2 Å². The second-order valence-corrected chi connectivity index (χ2v) is 5.29. The summed E-state index contributed by atoms with van der Waals surface area (Å²) >= 11 is 3.05. The molecule has 3 unspecified atom stereocenters. The highest BCUT2D eigenvalue weighted by atomic mass is 79.9. The van der Waals surface area contributed by atoms with Gasteiger partial charge in [0.15, 0.2) is 5.78 Å². The Bertz CT molecular complexity index is 333. The predicted octanol–water partition coefficient (Wildman–Crippen LogP) is 2.88. The molecule has 0 aromatic heterocycles. The van der Waals surface area contributed by atoms with E-state index in [-0.39, 0.29) is 6.61 Å². The molecule has 8 heteroatoms. The Kier molecular flexibility index (Phi) is 8.34. The minimum atomic E-state index is -4.44. The van der Waals surface area contributed by atoms with Gasteiger partial charge in [0.25, 0.3) is 0 Å². The Balaban J connectivity index is 4.79. The van der Waals surface area contributed by atoms with Crippen LogP contribution in [0.4, 0.5) is 13.2 Å². The van der Waals surface area contributed by atoms with Crippen molar-refractivity contribution in [1.29, 1.82) is 0 Å². The minimum absolute atomic E-state index is 0.0138. The first kappa shape index (κ1) is 19.4. The van der Waals surface area contributed by atoms with Gasteiger partial charge in [-0.3, -0.25) is 4.79 Å². The van der Waals surface area contributed by atoms with Crippen molar-refractivity contribution in [2.75, 3.05) is 13.2 Å². The lowest BCUT2D eigenvalue weighted by Crippen LogP contribution is -2.41. The van der Waals surface area contributed by atoms with Crippen LogP contribution in [0, 0.1) is 5.92 Å². The lowest BCUT2D eigenvalue weighted by Gasteiger charge is -2.21. The molecule has 0 radical (unpaired) electrons. The molecule has 0 aliphatic carbocycles. The molecule has 118 valence electrons. The zero-order valence-corrected chi connectivity index (χ0v) is 13.1. The van der Waals surface area contributed by atoms with Crippen LogP contribution in [0.5, 0.6) is 0 Å². The fourth-order valence-electron chi connectivity index (χ4n) is 1.18. The first-order valence-corrected chi connectivity index (χ1v) is 7.09. The molecule has 0 amide bonds. The summed E-state index contributed by atoms with van der Waals surface area (Å²) in [6.45, 7) is 3.38. The van der Waals surface area contributed by atoms with Crippen molar-refractivity contribution in [2.24, 2.45) is 5.92 Å². The summed E-state index contributed by atoms with van der Waals surface area (Å²) in [4.78, 5) is 22.8. The second-order valence-electron chi connectivity index (χ2n) is 4.19. The lowest BCUT2D eigenvalue weighted by molar-refractivity contribution is -0.193. The number of ketones is 1. The molecule has 0 saturated heterocycles. The van der Waals surface area contributed by atoms with E-state index in [4.69, 9.17) is 4.74 Å². The number of halogens is 4. The molecule has 3 atom stereocenters. The van der Waals surface area contributed by atoms with Crippen molar-refractivity contribution < 1.29 is 32.2 Å². The summed E-state index contributed by atoms with van der Waals surface area (Å²) in [6.07, 6.45) is -5.70. The molecule has 0 N–H and O–H groups in total. The maximum absolute atomic E-state index is 12.4. The van der Waals surface area contributed by atoms with Gasteiger partial charge in [-0.15, -0.1) is 0 Å². The minimum Gasteiger partial charge on any atom is -0.464 e. The molecule has 0 aliphatic rings. The van der Waals surface area contributed by atoms with Crippen LogP contribution in [0.3, 0.4) is 0 Å². The highest BCUT2D eigenvalue weighted by molar-refractivity contribution is 9.10. The lowest BCUT2D eigenvalue weighted by atomic mass is 10.1. The Morgan fingerprint density at radius 3 is 2.20 bits per heavy atom. The third-order valence-electron chi connectivity index (χ3n) is 2.50. The van der Waals surface area contributed by atoms with Crippen LogP contribution in [0.25, 0.3) is 0 Å². The largest absolute Gasteiger partial charge is 0.464 e. The first-order chi connectivity index (χ1) is 9.15. The van der Waals surface area contributed by atoms with Gasteiger partial charge in [0.1, 0.15) is 0 Å². The van der Waals surface area contributed by atoms with E-state index in [0.717, 1.165) is 6.92 Å². The van der Waals surface area contributed by atoms with Crippen LogP contribution in [-0.4, -0.2) is 42.1 Å². The Morgan fingerprint density at radius 2 is 1.80 bits per heavy atom. The highest BCUT2D eigenvalue weighted by Crippen LogP contribution is 2.26. The van der Waals surface area contributed by atoms with E-state index in [2.05, 4.69) is 20.7 Å². The Morgan fingerprint density at radius 1 is 1.25 bits per heavy atom. The molecule has 0 heterocycles. The topological polar surface area (TPSA) is 52.6 Å². The average molecular weight is 363 g/mol. The fourth-order valence-corrected chi connectivity index (χ4v) is 1.42. The summed E-state index contributed by atoms with van der Waals surface area (Å²) < 4.78 is 46.7. The number of carbonyl (C=O) groups is 2. The summed E-state index contributed by atoms with van der Waals surface area (Å²) in [5.74, 6) is -3.38. The molecule has 20 heavy (non-hydrogen) atoms. The molecule has 4 nitrogen and oxygen atoms in total. The van der Waals surface area contributed by atoms with Gasteiger partial charge in [-0.1, -0.05) is 29.8 Å². The van der Waals surface area contributed by atoms with Gasteiger partial charge < -0.3 is 9.47 Å². The van der Waals surface area contributed by atoms with Crippen molar-refractivity contribution in [3.63, 3.8) is 0 Å². The maximum Gasteiger partial charge on any atom is 0.393 e. The normalized spacial score (nSPS) is 16.4. The first-order valence-electron chi connectivity index (χ1n) is 6.17. The average Bonchev–Trinajstić information content (AvgIpc) is 2.36. The third kappa shape index (κ3) is 6.21. The van der Waals surface area contributed by atoms with E-state index in [1.54, 1.807) is 6.92 Å². The zero-order valence-electron chi connectivity index (χ0n) is 11.5. The third-order valence-corrected chi connectivity index (χ3v) is 3.60. The SMILES string of the molecule is CCOC(=O)C(OCC(C)C(F)(F)F)C(=O)C(Br)CC. The number of hydrogen-bond donors (Lipinski definition) is 0. The maximum atomic E-state index is 12.4. The standard InChI is InChI=1S/C12H18BrF3O4/c1-4-8(13)9(17)10(11(18)19-5-2)20-6-7(3)12(14,15)16/h7-8,10H,4-6H2,1-3H3. The van der Waals surface area contributed by atoms with E-state index in [0.29, 0.717) is 6.42 Å². The summed E-state index contributed by atoms with van der Waals surface area (Å²) in [5, 5.41) is 0. The molecular weight excluding hydrogens is 345 g/mol. The molecule has 0 aliphatic heterocycles. The number of esters is 1. The van der Waals surface area contributed by atoms with Gasteiger partial charge in [0, 0.05) is 0 Å². The number of Topliss-reactive ketones (excluding diaryl/α,β-unsaturated/α-hetero) is 1. The van der Waals surface area contributed by atoms with Gasteiger partial charge in [0.05, 0.1) is 24.0 Å². The molecule has 0 fully saturated rings. The quantitative estimate of drug-likeness (QED) is 0.378. The second kappa shape index (κ2) is 8.61.